The van der Waals surface area contributed by atoms with Crippen molar-refractivity contribution in [2.45, 2.75) is 32.2 Å². The maximum absolute atomic E-state index is 12.5. The van der Waals surface area contributed by atoms with Gasteiger partial charge < -0.3 is 15.1 Å². The van der Waals surface area contributed by atoms with Crippen molar-refractivity contribution in [1.29, 1.82) is 0 Å². The Kier molecular flexibility index (Phi) is 6.54. The molecular weight excluding hydrogens is 410 g/mol. The van der Waals surface area contributed by atoms with Crippen molar-refractivity contribution in [3.63, 3.8) is 0 Å². The molecule has 0 aliphatic carbocycles. The molecule has 2 fully saturated rings. The summed E-state index contributed by atoms with van der Waals surface area (Å²) in [6, 6.07) is 12.6. The molecule has 3 heterocycles. The number of benzene rings is 1. The van der Waals surface area contributed by atoms with Crippen LogP contribution >= 0.6 is 23.6 Å². The Hall–Kier alpha value is -2.18. The third kappa shape index (κ3) is 4.93. The maximum atomic E-state index is 12.5. The van der Waals surface area contributed by atoms with Gasteiger partial charge in [-0.15, -0.1) is 0 Å². The van der Waals surface area contributed by atoms with Crippen LogP contribution in [0.5, 0.6) is 0 Å². The van der Waals surface area contributed by atoms with E-state index in [1.54, 1.807) is 17.4 Å². The second-order valence-electron chi connectivity index (χ2n) is 8.47. The molecule has 1 unspecified atom stereocenters. The molecule has 1 spiro atoms. The van der Waals surface area contributed by atoms with Gasteiger partial charge in [0.2, 0.25) is 5.91 Å². The smallest absolute Gasteiger partial charge is 0.246 e. The summed E-state index contributed by atoms with van der Waals surface area (Å²) in [7, 11) is 0. The van der Waals surface area contributed by atoms with Gasteiger partial charge in [-0.05, 0) is 77.8 Å². The number of thiocarbonyl (C=S) groups is 1. The number of hydrogen-bond acceptors (Lipinski definition) is 3. The summed E-state index contributed by atoms with van der Waals surface area (Å²) in [4.78, 5) is 16.8. The fourth-order valence-electron chi connectivity index (χ4n) is 4.46. The van der Waals surface area contributed by atoms with E-state index in [0.29, 0.717) is 0 Å². The molecular formula is C24H29N3OS2. The third-order valence-corrected chi connectivity index (χ3v) is 7.54. The van der Waals surface area contributed by atoms with Crippen LogP contribution in [-0.4, -0.2) is 47.0 Å². The van der Waals surface area contributed by atoms with Gasteiger partial charge in [0.15, 0.2) is 5.11 Å². The number of piperidine rings is 1. The molecule has 4 nitrogen and oxygen atoms in total. The van der Waals surface area contributed by atoms with Crippen LogP contribution in [0.2, 0.25) is 0 Å². The number of carbonyl (C=O) groups excluding carboxylic acids is 1. The normalized spacial score (nSPS) is 19.4. The van der Waals surface area contributed by atoms with Crippen molar-refractivity contribution >= 4 is 40.7 Å². The van der Waals surface area contributed by atoms with Crippen LogP contribution in [0.25, 0.3) is 6.08 Å². The molecule has 6 heteroatoms. The summed E-state index contributed by atoms with van der Waals surface area (Å²) in [6.45, 7) is 5.82. The Morgan fingerprint density at radius 3 is 2.50 bits per heavy atom. The van der Waals surface area contributed by atoms with Crippen LogP contribution in [0, 0.1) is 5.41 Å². The lowest BCUT2D eigenvalue weighted by Crippen LogP contribution is -2.45. The molecule has 1 amide bonds. The van der Waals surface area contributed by atoms with E-state index in [0.717, 1.165) is 56.1 Å². The summed E-state index contributed by atoms with van der Waals surface area (Å²) in [6.07, 6.45) is 6.89. The van der Waals surface area contributed by atoms with Crippen LogP contribution in [0.1, 0.15) is 43.4 Å². The molecule has 2 aromatic rings. The van der Waals surface area contributed by atoms with Gasteiger partial charge in [0, 0.05) is 32.3 Å². The van der Waals surface area contributed by atoms with Crippen LogP contribution in [0.15, 0.2) is 53.2 Å². The minimum atomic E-state index is 0.125. The van der Waals surface area contributed by atoms with E-state index in [2.05, 4.69) is 46.8 Å². The molecule has 2 saturated heterocycles. The monoisotopic (exact) mass is 439 g/mol. The van der Waals surface area contributed by atoms with E-state index < -0.39 is 0 Å². The number of hydrogen-bond donors (Lipinski definition) is 1. The van der Waals surface area contributed by atoms with Crippen LogP contribution in [-0.2, 0) is 4.79 Å². The summed E-state index contributed by atoms with van der Waals surface area (Å²) >= 11 is 7.37. The molecule has 0 radical (unpaired) electrons. The second-order valence-corrected chi connectivity index (χ2v) is 9.64. The number of thiophene rings is 1. The van der Waals surface area contributed by atoms with E-state index >= 15 is 0 Å². The Labute approximate surface area is 188 Å². The first kappa shape index (κ1) is 21.1. The fourth-order valence-corrected chi connectivity index (χ4v) is 5.42. The largest absolute Gasteiger partial charge is 0.356 e. The molecule has 2 aliphatic rings. The molecule has 1 atom stereocenters. The number of nitrogens with one attached hydrogen (secondary N) is 1. The average molecular weight is 440 g/mol. The van der Waals surface area contributed by atoms with Crippen LogP contribution in [0.4, 0.5) is 0 Å². The Bertz CT molecular complexity index is 886. The average Bonchev–Trinajstić information content (AvgIpc) is 3.44. The Balaban J connectivity index is 1.27. The number of amides is 1. The van der Waals surface area contributed by atoms with Gasteiger partial charge in [0.25, 0.3) is 0 Å². The van der Waals surface area contributed by atoms with Crippen molar-refractivity contribution in [2.24, 2.45) is 5.41 Å². The minimum absolute atomic E-state index is 0.125. The third-order valence-electron chi connectivity index (χ3n) is 6.46. The lowest BCUT2D eigenvalue weighted by Gasteiger charge is -2.39. The molecule has 0 bridgehead atoms. The van der Waals surface area contributed by atoms with Gasteiger partial charge in [0.1, 0.15) is 0 Å². The highest BCUT2D eigenvalue weighted by Gasteiger charge is 2.41. The Morgan fingerprint density at radius 2 is 1.83 bits per heavy atom. The zero-order valence-corrected chi connectivity index (χ0v) is 19.1. The zero-order chi connectivity index (χ0) is 21.0. The SMILES string of the molecule is CC(NC(=S)N1CCC2(CCN(C(=O)C=Cc3ccsc3)CC2)C1)c1ccccc1. The summed E-state index contributed by atoms with van der Waals surface area (Å²) in [5, 5.41) is 8.43. The Morgan fingerprint density at radius 1 is 1.13 bits per heavy atom. The highest BCUT2D eigenvalue weighted by atomic mass is 32.1. The number of nitrogens with zero attached hydrogens (tertiary/aromatic N) is 2. The van der Waals surface area contributed by atoms with Crippen molar-refractivity contribution in [3.05, 3.63) is 64.4 Å². The predicted molar refractivity (Wildman–Crippen MR) is 128 cm³/mol. The molecule has 1 aromatic carbocycles. The standard InChI is InChI=1S/C24H29N3OS2/c1-19(21-5-3-2-4-6-21)25-23(29)27-15-12-24(18-27)10-13-26(14-11-24)22(28)8-7-20-9-16-30-17-20/h2-9,16-17,19H,10-15,18H2,1H3,(H,25,29). The number of carbonyl (C=O) groups is 1. The summed E-state index contributed by atoms with van der Waals surface area (Å²) in [5.74, 6) is 0.125. The molecule has 2 aliphatic heterocycles. The van der Waals surface area contributed by atoms with E-state index in [-0.39, 0.29) is 17.4 Å². The van der Waals surface area contributed by atoms with Gasteiger partial charge in [-0.25, -0.2) is 0 Å². The van der Waals surface area contributed by atoms with Gasteiger partial charge in [-0.1, -0.05) is 30.3 Å². The van der Waals surface area contributed by atoms with Gasteiger partial charge in [0.05, 0.1) is 6.04 Å². The fraction of sp³-hybridized carbons (Fsp3) is 0.417. The molecule has 1 N–H and O–H groups in total. The van der Waals surface area contributed by atoms with E-state index in [4.69, 9.17) is 12.2 Å². The molecule has 0 saturated carbocycles. The summed E-state index contributed by atoms with van der Waals surface area (Å²) in [5.41, 5.74) is 2.63. The maximum Gasteiger partial charge on any atom is 0.246 e. The van der Waals surface area contributed by atoms with Crippen molar-refractivity contribution in [2.75, 3.05) is 26.2 Å². The lowest BCUT2D eigenvalue weighted by molar-refractivity contribution is -0.128. The first-order valence-electron chi connectivity index (χ1n) is 10.6. The van der Waals surface area contributed by atoms with Gasteiger partial charge in [-0.2, -0.15) is 11.3 Å². The van der Waals surface area contributed by atoms with E-state index in [1.165, 1.54) is 5.56 Å². The van der Waals surface area contributed by atoms with E-state index in [1.807, 2.05) is 28.5 Å². The second kappa shape index (κ2) is 9.31. The number of rotatable bonds is 4. The zero-order valence-electron chi connectivity index (χ0n) is 17.4. The molecule has 1 aromatic heterocycles. The van der Waals surface area contributed by atoms with Crippen molar-refractivity contribution in [1.82, 2.24) is 15.1 Å². The highest BCUT2D eigenvalue weighted by Crippen LogP contribution is 2.40. The van der Waals surface area contributed by atoms with Crippen LogP contribution in [0.3, 0.4) is 0 Å². The predicted octanol–water partition coefficient (Wildman–Crippen LogP) is 4.71. The van der Waals surface area contributed by atoms with Crippen molar-refractivity contribution < 1.29 is 4.79 Å². The molecule has 30 heavy (non-hydrogen) atoms. The first-order valence-corrected chi connectivity index (χ1v) is 12.0. The molecule has 4 rings (SSSR count). The van der Waals surface area contributed by atoms with Gasteiger partial charge in [-0.3, -0.25) is 4.79 Å². The molecule has 158 valence electrons. The minimum Gasteiger partial charge on any atom is -0.356 e. The summed E-state index contributed by atoms with van der Waals surface area (Å²) < 4.78 is 0. The topological polar surface area (TPSA) is 35.6 Å². The van der Waals surface area contributed by atoms with Crippen LogP contribution < -0.4 is 5.32 Å². The lowest BCUT2D eigenvalue weighted by atomic mass is 9.78. The van der Waals surface area contributed by atoms with Crippen molar-refractivity contribution in [3.8, 4) is 0 Å². The quantitative estimate of drug-likeness (QED) is 0.553. The van der Waals surface area contributed by atoms with Gasteiger partial charge >= 0.3 is 0 Å². The highest BCUT2D eigenvalue weighted by molar-refractivity contribution is 7.80. The number of likely N-dealkylation sites (tertiary alicyclic amines) is 2. The first-order chi connectivity index (χ1) is 14.5. The van der Waals surface area contributed by atoms with E-state index in [9.17, 15) is 4.79 Å².